The van der Waals surface area contributed by atoms with Gasteiger partial charge in [0.15, 0.2) is 5.65 Å². The molecule has 0 spiro atoms. The summed E-state index contributed by atoms with van der Waals surface area (Å²) in [4.78, 5) is 22.1. The first-order valence-electron chi connectivity index (χ1n) is 11.7. The van der Waals surface area contributed by atoms with Gasteiger partial charge in [-0.25, -0.2) is 9.67 Å². The number of aromatic nitrogens is 3. The molecular weight excluding hydrogens is 506 g/mol. The number of carbonyl (C=O) groups excluding carboxylic acids is 1. The summed E-state index contributed by atoms with van der Waals surface area (Å²) < 4.78 is 8.12. The van der Waals surface area contributed by atoms with E-state index in [1.165, 1.54) is 5.56 Å². The molecule has 5 rings (SSSR count). The van der Waals surface area contributed by atoms with Gasteiger partial charge in [-0.2, -0.15) is 5.10 Å². The number of hydrogen-bond acceptors (Lipinski definition) is 5. The van der Waals surface area contributed by atoms with Gasteiger partial charge in [0.1, 0.15) is 12.3 Å². The molecule has 0 N–H and O–H groups in total. The first-order valence-corrected chi connectivity index (χ1v) is 12.5. The number of halogens is 1. The number of nitrogens with zero attached hydrogens (tertiary/aromatic N) is 5. The maximum Gasteiger partial charge on any atom is 0.244 e. The number of piperazine rings is 1. The van der Waals surface area contributed by atoms with Gasteiger partial charge in [0.05, 0.1) is 12.8 Å². The molecule has 3 heterocycles. The summed E-state index contributed by atoms with van der Waals surface area (Å²) in [5.41, 5.74) is 4.99. The molecule has 4 aromatic rings. The van der Waals surface area contributed by atoms with Crippen molar-refractivity contribution >= 4 is 32.9 Å². The highest BCUT2D eigenvalue weighted by Gasteiger charge is 2.23. The number of aryl methyl sites for hydroxylation is 1. The molecule has 1 aliphatic rings. The lowest BCUT2D eigenvalue weighted by Gasteiger charge is -2.34. The van der Waals surface area contributed by atoms with E-state index in [2.05, 4.69) is 44.0 Å². The van der Waals surface area contributed by atoms with Gasteiger partial charge in [0.2, 0.25) is 5.91 Å². The quantitative estimate of drug-likeness (QED) is 0.364. The summed E-state index contributed by atoms with van der Waals surface area (Å²) in [5, 5.41) is 5.67. The molecule has 0 unspecified atom stereocenters. The van der Waals surface area contributed by atoms with E-state index in [1.807, 2.05) is 48.2 Å². The largest absolute Gasteiger partial charge is 0.497 e. The van der Waals surface area contributed by atoms with Gasteiger partial charge in [0, 0.05) is 48.8 Å². The molecule has 35 heavy (non-hydrogen) atoms. The van der Waals surface area contributed by atoms with Crippen molar-refractivity contribution in [1.82, 2.24) is 24.6 Å². The third-order valence-electron chi connectivity index (χ3n) is 6.51. The number of methoxy groups -OCH3 is 1. The lowest BCUT2D eigenvalue weighted by atomic mass is 10.0. The topological polar surface area (TPSA) is 63.5 Å². The zero-order valence-corrected chi connectivity index (χ0v) is 21.5. The van der Waals surface area contributed by atoms with Crippen molar-refractivity contribution in [3.05, 3.63) is 76.5 Å². The zero-order chi connectivity index (χ0) is 24.4. The van der Waals surface area contributed by atoms with Gasteiger partial charge >= 0.3 is 0 Å². The lowest BCUT2D eigenvalue weighted by Crippen LogP contribution is -2.49. The first kappa shape index (κ1) is 23.5. The van der Waals surface area contributed by atoms with Crippen LogP contribution in [-0.4, -0.2) is 63.8 Å². The predicted molar refractivity (Wildman–Crippen MR) is 140 cm³/mol. The summed E-state index contributed by atoms with van der Waals surface area (Å²) in [6, 6.07) is 18.3. The Labute approximate surface area is 213 Å². The van der Waals surface area contributed by atoms with Crippen LogP contribution in [0.25, 0.3) is 22.2 Å². The summed E-state index contributed by atoms with van der Waals surface area (Å²) in [6.45, 7) is 6.20. The highest BCUT2D eigenvalue weighted by Crippen LogP contribution is 2.31. The van der Waals surface area contributed by atoms with Gasteiger partial charge in [-0.3, -0.25) is 9.69 Å². The van der Waals surface area contributed by atoms with Crippen LogP contribution in [0.5, 0.6) is 5.75 Å². The molecule has 180 valence electrons. The van der Waals surface area contributed by atoms with Crippen LogP contribution >= 0.6 is 15.9 Å². The predicted octanol–water partition coefficient (Wildman–Crippen LogP) is 4.52. The Morgan fingerprint density at radius 1 is 1.06 bits per heavy atom. The van der Waals surface area contributed by atoms with Crippen LogP contribution < -0.4 is 4.74 Å². The number of carbonyl (C=O) groups is 1. The van der Waals surface area contributed by atoms with E-state index in [0.29, 0.717) is 0 Å². The monoisotopic (exact) mass is 533 g/mol. The van der Waals surface area contributed by atoms with E-state index in [4.69, 9.17) is 9.84 Å². The number of amides is 1. The third-order valence-corrected chi connectivity index (χ3v) is 7.01. The number of rotatable bonds is 6. The van der Waals surface area contributed by atoms with Gasteiger partial charge < -0.3 is 9.64 Å². The van der Waals surface area contributed by atoms with Crippen molar-refractivity contribution < 1.29 is 9.53 Å². The Hall–Kier alpha value is -3.23. The van der Waals surface area contributed by atoms with Crippen molar-refractivity contribution in [2.75, 3.05) is 33.3 Å². The number of ether oxygens (including phenoxy) is 1. The normalized spacial score (nSPS) is 14.4. The number of benzene rings is 2. The molecule has 0 radical (unpaired) electrons. The van der Waals surface area contributed by atoms with Crippen LogP contribution in [0.2, 0.25) is 0 Å². The highest BCUT2D eigenvalue weighted by molar-refractivity contribution is 9.10. The van der Waals surface area contributed by atoms with Crippen LogP contribution in [0.4, 0.5) is 0 Å². The van der Waals surface area contributed by atoms with E-state index in [9.17, 15) is 4.79 Å². The van der Waals surface area contributed by atoms with Crippen molar-refractivity contribution in [2.45, 2.75) is 20.0 Å². The number of fused-ring (bicyclic) bond motifs is 1. The molecule has 1 saturated heterocycles. The molecule has 1 aliphatic heterocycles. The van der Waals surface area contributed by atoms with E-state index in [0.717, 1.165) is 70.8 Å². The summed E-state index contributed by atoms with van der Waals surface area (Å²) >= 11 is 3.54. The fourth-order valence-electron chi connectivity index (χ4n) is 4.68. The fourth-order valence-corrected chi connectivity index (χ4v) is 5.13. The molecule has 1 fully saturated rings. The van der Waals surface area contributed by atoms with Crippen molar-refractivity contribution in [2.24, 2.45) is 0 Å². The lowest BCUT2D eigenvalue weighted by molar-refractivity contribution is -0.133. The molecule has 1 amide bonds. The number of pyridine rings is 1. The first-order chi connectivity index (χ1) is 17.0. The van der Waals surface area contributed by atoms with Gasteiger partial charge in [-0.1, -0.05) is 40.2 Å². The Kier molecular flexibility index (Phi) is 6.83. The van der Waals surface area contributed by atoms with Gasteiger partial charge in [-0.05, 0) is 53.9 Å². The molecule has 0 atom stereocenters. The fraction of sp³-hybridized carbons (Fsp3) is 0.296. The zero-order valence-electron chi connectivity index (χ0n) is 19.9. The van der Waals surface area contributed by atoms with E-state index < -0.39 is 0 Å². The van der Waals surface area contributed by atoms with Crippen LogP contribution in [0.15, 0.2) is 65.3 Å². The van der Waals surface area contributed by atoms with Crippen LogP contribution in [-0.2, 0) is 17.9 Å². The second-order valence-corrected chi connectivity index (χ2v) is 9.73. The minimum Gasteiger partial charge on any atom is -0.497 e. The van der Waals surface area contributed by atoms with Gasteiger partial charge in [0.25, 0.3) is 0 Å². The molecule has 2 aromatic carbocycles. The minimum atomic E-state index is 0.0770. The highest BCUT2D eigenvalue weighted by atomic mass is 79.9. The summed E-state index contributed by atoms with van der Waals surface area (Å²) in [6.07, 6.45) is 1.78. The van der Waals surface area contributed by atoms with Gasteiger partial charge in [-0.15, -0.1) is 0 Å². The maximum absolute atomic E-state index is 13.2. The molecule has 0 saturated carbocycles. The maximum atomic E-state index is 13.2. The molecular formula is C27H28BrN5O2. The molecule has 0 bridgehead atoms. The average molecular weight is 534 g/mol. The van der Waals surface area contributed by atoms with Crippen LogP contribution in [0, 0.1) is 6.92 Å². The third kappa shape index (κ3) is 5.09. The van der Waals surface area contributed by atoms with E-state index in [-0.39, 0.29) is 12.5 Å². The van der Waals surface area contributed by atoms with Crippen LogP contribution in [0.3, 0.4) is 0 Å². The Balaban J connectivity index is 1.28. The van der Waals surface area contributed by atoms with E-state index >= 15 is 0 Å². The summed E-state index contributed by atoms with van der Waals surface area (Å²) in [5.74, 6) is 0.891. The SMILES string of the molecule is COc1ccc(-c2ccnc3c2c(C)nn3CC(=O)N2CCN(Cc3cccc(Br)c3)CC2)cc1. The minimum absolute atomic E-state index is 0.0770. The Morgan fingerprint density at radius 2 is 1.83 bits per heavy atom. The Bertz CT molecular complexity index is 1340. The molecule has 8 heteroatoms. The van der Waals surface area contributed by atoms with E-state index in [1.54, 1.807) is 18.0 Å². The summed E-state index contributed by atoms with van der Waals surface area (Å²) in [7, 11) is 1.66. The second kappa shape index (κ2) is 10.2. The van der Waals surface area contributed by atoms with Crippen molar-refractivity contribution in [1.29, 1.82) is 0 Å². The van der Waals surface area contributed by atoms with Crippen LogP contribution in [0.1, 0.15) is 11.3 Å². The molecule has 0 aliphatic carbocycles. The smallest absolute Gasteiger partial charge is 0.244 e. The van der Waals surface area contributed by atoms with Crippen molar-refractivity contribution in [3.63, 3.8) is 0 Å². The second-order valence-electron chi connectivity index (χ2n) is 8.82. The van der Waals surface area contributed by atoms with Crippen molar-refractivity contribution in [3.8, 4) is 16.9 Å². The average Bonchev–Trinajstić information content (AvgIpc) is 3.19. The number of hydrogen-bond donors (Lipinski definition) is 0. The standard InChI is InChI=1S/C27H28BrN5O2/c1-19-26-24(21-6-8-23(35-2)9-7-21)10-11-29-27(26)33(30-19)18-25(34)32-14-12-31(13-15-32)17-20-4-3-5-22(28)16-20/h3-11,16H,12-15,17-18H2,1-2H3. The molecule has 2 aromatic heterocycles. The Morgan fingerprint density at radius 3 is 2.54 bits per heavy atom. The molecule has 7 nitrogen and oxygen atoms in total.